The van der Waals surface area contributed by atoms with Gasteiger partial charge < -0.3 is 4.90 Å². The van der Waals surface area contributed by atoms with Gasteiger partial charge in [-0.15, -0.1) is 12.6 Å². The highest BCUT2D eigenvalue weighted by atomic mass is 32.1. The van der Waals surface area contributed by atoms with Crippen molar-refractivity contribution in [3.63, 3.8) is 0 Å². The van der Waals surface area contributed by atoms with Gasteiger partial charge in [0.25, 0.3) is 5.91 Å². The summed E-state index contributed by atoms with van der Waals surface area (Å²) in [5.41, 5.74) is 0.467. The zero-order valence-corrected chi connectivity index (χ0v) is 10.6. The smallest absolute Gasteiger partial charge is 0.253 e. The Hall–Kier alpha value is -1.03. The summed E-state index contributed by atoms with van der Waals surface area (Å²) in [5, 5.41) is 0. The number of carbonyl (C=O) groups is 1. The monoisotopic (exact) mass is 241 g/mol. The van der Waals surface area contributed by atoms with Crippen molar-refractivity contribution in [1.82, 2.24) is 4.90 Å². The average molecular weight is 241 g/mol. The second-order valence-corrected chi connectivity index (χ2v) is 4.32. The summed E-state index contributed by atoms with van der Waals surface area (Å²) in [7, 11) is 1.75. The molecule has 0 radical (unpaired) electrons. The number of benzene rings is 1. The summed E-state index contributed by atoms with van der Waals surface area (Å²) in [6.45, 7) is 3.99. The van der Waals surface area contributed by atoms with E-state index in [0.717, 1.165) is 6.42 Å². The Morgan fingerprint density at radius 3 is 2.69 bits per heavy atom. The van der Waals surface area contributed by atoms with Crippen LogP contribution < -0.4 is 0 Å². The Kier molecular flexibility index (Phi) is 4.35. The van der Waals surface area contributed by atoms with Crippen LogP contribution in [0.3, 0.4) is 0 Å². The van der Waals surface area contributed by atoms with Crippen LogP contribution in [0.25, 0.3) is 0 Å². The van der Waals surface area contributed by atoms with Gasteiger partial charge in [-0.3, -0.25) is 4.79 Å². The second-order valence-electron chi connectivity index (χ2n) is 3.84. The lowest BCUT2D eigenvalue weighted by Crippen LogP contribution is -2.34. The van der Waals surface area contributed by atoms with E-state index in [1.165, 1.54) is 18.2 Å². The summed E-state index contributed by atoms with van der Waals surface area (Å²) in [4.78, 5) is 13.8. The standard InChI is InChI=1S/C12H16FNOS/c1-4-8(2)14(3)12(15)9-5-6-10(13)11(16)7-9/h5-8,16H,4H2,1-3H3. The van der Waals surface area contributed by atoms with Crippen molar-refractivity contribution in [3.05, 3.63) is 29.6 Å². The molecule has 0 bridgehead atoms. The third-order valence-electron chi connectivity index (χ3n) is 2.77. The quantitative estimate of drug-likeness (QED) is 0.807. The highest BCUT2D eigenvalue weighted by Crippen LogP contribution is 2.16. The lowest BCUT2D eigenvalue weighted by molar-refractivity contribution is 0.0740. The second kappa shape index (κ2) is 5.34. The summed E-state index contributed by atoms with van der Waals surface area (Å²) in [6, 6.07) is 4.37. The van der Waals surface area contributed by atoms with E-state index in [1.54, 1.807) is 11.9 Å². The van der Waals surface area contributed by atoms with Gasteiger partial charge in [0, 0.05) is 23.5 Å². The molecule has 0 N–H and O–H groups in total. The number of hydrogen-bond donors (Lipinski definition) is 1. The fraction of sp³-hybridized carbons (Fsp3) is 0.417. The van der Waals surface area contributed by atoms with Crippen molar-refractivity contribution in [2.24, 2.45) is 0 Å². The molecular formula is C12H16FNOS. The van der Waals surface area contributed by atoms with Gasteiger partial charge in [0.15, 0.2) is 0 Å². The first-order valence-corrected chi connectivity index (χ1v) is 5.67. The van der Waals surface area contributed by atoms with Crippen LogP contribution in [0.2, 0.25) is 0 Å². The summed E-state index contributed by atoms with van der Waals surface area (Å²) < 4.78 is 13.0. The molecule has 0 spiro atoms. The highest BCUT2D eigenvalue weighted by molar-refractivity contribution is 7.80. The lowest BCUT2D eigenvalue weighted by Gasteiger charge is -2.23. The van der Waals surface area contributed by atoms with E-state index >= 15 is 0 Å². The molecule has 0 aliphatic heterocycles. The first kappa shape index (κ1) is 13.0. The fourth-order valence-electron chi connectivity index (χ4n) is 1.32. The Bertz CT molecular complexity index is 395. The molecule has 0 heterocycles. The van der Waals surface area contributed by atoms with Gasteiger partial charge in [0.05, 0.1) is 0 Å². The van der Waals surface area contributed by atoms with Crippen molar-refractivity contribution < 1.29 is 9.18 Å². The topological polar surface area (TPSA) is 20.3 Å². The van der Waals surface area contributed by atoms with Gasteiger partial charge in [-0.1, -0.05) is 6.92 Å². The molecule has 88 valence electrons. The minimum absolute atomic E-state index is 0.107. The molecule has 1 atom stereocenters. The zero-order chi connectivity index (χ0) is 12.3. The third-order valence-corrected chi connectivity index (χ3v) is 3.11. The number of halogens is 1. The Labute approximate surface area is 101 Å². The Balaban J connectivity index is 2.92. The van der Waals surface area contributed by atoms with Crippen LogP contribution in [0.4, 0.5) is 4.39 Å². The average Bonchev–Trinajstić information content (AvgIpc) is 2.29. The normalized spacial score (nSPS) is 12.3. The van der Waals surface area contributed by atoms with Crippen molar-refractivity contribution in [2.45, 2.75) is 31.2 Å². The first-order valence-electron chi connectivity index (χ1n) is 5.23. The third kappa shape index (κ3) is 2.76. The van der Waals surface area contributed by atoms with E-state index in [9.17, 15) is 9.18 Å². The van der Waals surface area contributed by atoms with E-state index in [4.69, 9.17) is 0 Å². The van der Waals surface area contributed by atoms with Gasteiger partial charge in [-0.05, 0) is 31.5 Å². The molecule has 0 aromatic heterocycles. The number of carbonyl (C=O) groups excluding carboxylic acids is 1. The minimum Gasteiger partial charge on any atom is -0.339 e. The SMILES string of the molecule is CCC(C)N(C)C(=O)c1ccc(F)c(S)c1. The van der Waals surface area contributed by atoms with E-state index in [0.29, 0.717) is 5.56 Å². The van der Waals surface area contributed by atoms with Gasteiger partial charge in [-0.25, -0.2) is 4.39 Å². The number of rotatable bonds is 3. The molecule has 1 unspecified atom stereocenters. The fourth-order valence-corrected chi connectivity index (χ4v) is 1.54. The molecule has 1 rings (SSSR count). The van der Waals surface area contributed by atoms with Crippen LogP contribution in [0.5, 0.6) is 0 Å². The molecule has 4 heteroatoms. The Morgan fingerprint density at radius 2 is 2.19 bits per heavy atom. The maximum atomic E-state index is 13.0. The molecule has 2 nitrogen and oxygen atoms in total. The van der Waals surface area contributed by atoms with Crippen molar-refractivity contribution in [3.8, 4) is 0 Å². The summed E-state index contributed by atoms with van der Waals surface area (Å²) in [6.07, 6.45) is 0.886. The van der Waals surface area contributed by atoms with Gasteiger partial charge in [0.2, 0.25) is 0 Å². The van der Waals surface area contributed by atoms with Crippen LogP contribution in [-0.2, 0) is 0 Å². The maximum absolute atomic E-state index is 13.0. The van der Waals surface area contributed by atoms with E-state index in [2.05, 4.69) is 12.6 Å². The molecule has 1 aromatic rings. The Morgan fingerprint density at radius 1 is 1.56 bits per heavy atom. The van der Waals surface area contributed by atoms with Gasteiger partial charge in [-0.2, -0.15) is 0 Å². The predicted octanol–water partition coefficient (Wildman–Crippen LogP) is 2.98. The summed E-state index contributed by atoms with van der Waals surface area (Å²) >= 11 is 3.96. The number of hydrogen-bond acceptors (Lipinski definition) is 2. The van der Waals surface area contributed by atoms with Gasteiger partial charge in [0.1, 0.15) is 5.82 Å². The van der Waals surface area contributed by atoms with Gasteiger partial charge >= 0.3 is 0 Å². The highest BCUT2D eigenvalue weighted by Gasteiger charge is 2.16. The minimum atomic E-state index is -0.411. The molecule has 0 fully saturated rings. The van der Waals surface area contributed by atoms with E-state index in [1.807, 2.05) is 13.8 Å². The molecule has 16 heavy (non-hydrogen) atoms. The zero-order valence-electron chi connectivity index (χ0n) is 9.70. The van der Waals surface area contributed by atoms with Crippen LogP contribution in [0, 0.1) is 5.82 Å². The molecular weight excluding hydrogens is 225 g/mol. The van der Waals surface area contributed by atoms with Crippen LogP contribution in [0.15, 0.2) is 23.1 Å². The lowest BCUT2D eigenvalue weighted by atomic mass is 10.1. The predicted molar refractivity (Wildman–Crippen MR) is 65.5 cm³/mol. The number of thiol groups is 1. The van der Waals surface area contributed by atoms with Crippen LogP contribution in [0.1, 0.15) is 30.6 Å². The van der Waals surface area contributed by atoms with Crippen LogP contribution in [-0.4, -0.2) is 23.9 Å². The molecule has 0 saturated heterocycles. The number of amides is 1. The van der Waals surface area contributed by atoms with Crippen LogP contribution >= 0.6 is 12.6 Å². The molecule has 0 saturated carbocycles. The van der Waals surface area contributed by atoms with E-state index < -0.39 is 5.82 Å². The molecule has 0 aliphatic rings. The van der Waals surface area contributed by atoms with Crippen molar-refractivity contribution >= 4 is 18.5 Å². The maximum Gasteiger partial charge on any atom is 0.253 e. The first-order chi connectivity index (χ1) is 7.47. The number of nitrogens with zero attached hydrogens (tertiary/aromatic N) is 1. The molecule has 1 aromatic carbocycles. The summed E-state index contributed by atoms with van der Waals surface area (Å²) in [5.74, 6) is -0.518. The van der Waals surface area contributed by atoms with Crippen molar-refractivity contribution in [2.75, 3.05) is 7.05 Å². The van der Waals surface area contributed by atoms with E-state index in [-0.39, 0.29) is 16.8 Å². The molecule has 0 aliphatic carbocycles. The molecule has 1 amide bonds. The largest absolute Gasteiger partial charge is 0.339 e. The van der Waals surface area contributed by atoms with Crippen molar-refractivity contribution in [1.29, 1.82) is 0 Å².